The van der Waals surface area contributed by atoms with Gasteiger partial charge in [-0.2, -0.15) is 0 Å². The van der Waals surface area contributed by atoms with E-state index in [0.29, 0.717) is 25.6 Å². The van der Waals surface area contributed by atoms with Gasteiger partial charge in [0.1, 0.15) is 0 Å². The van der Waals surface area contributed by atoms with E-state index in [1.165, 1.54) is 5.56 Å². The second-order valence-electron chi connectivity index (χ2n) is 5.85. The molecule has 0 aliphatic heterocycles. The number of sulfonamides is 1. The molecule has 0 saturated heterocycles. The van der Waals surface area contributed by atoms with E-state index in [1.54, 1.807) is 0 Å². The van der Waals surface area contributed by atoms with Crippen LogP contribution in [0.15, 0.2) is 35.3 Å². The Morgan fingerprint density at radius 2 is 1.96 bits per heavy atom. The molecule has 0 amide bonds. The second kappa shape index (κ2) is 11.0. The highest BCUT2D eigenvalue weighted by Gasteiger charge is 2.05. The number of hydrogen-bond donors (Lipinski definition) is 3. The van der Waals surface area contributed by atoms with Crippen LogP contribution in [0, 0.1) is 0 Å². The summed E-state index contributed by atoms with van der Waals surface area (Å²) in [6.07, 6.45) is 3.87. The van der Waals surface area contributed by atoms with Crippen LogP contribution < -0.4 is 15.4 Å². The lowest BCUT2D eigenvalue weighted by atomic mass is 10.1. The van der Waals surface area contributed by atoms with Gasteiger partial charge in [0.25, 0.3) is 0 Å². The minimum atomic E-state index is -3.12. The molecular weight excluding hydrogens is 324 g/mol. The molecule has 1 rings (SSSR count). The first-order valence-corrected chi connectivity index (χ1v) is 10.3. The van der Waals surface area contributed by atoms with Crippen molar-refractivity contribution in [2.45, 2.75) is 39.2 Å². The SMILES string of the molecule is CCNC(=NCCCNS(C)(=O)=O)NC(C)CCc1ccccc1. The Bertz CT molecular complexity index is 588. The summed E-state index contributed by atoms with van der Waals surface area (Å²) in [5.74, 6) is 0.775. The van der Waals surface area contributed by atoms with Crippen LogP contribution in [0.3, 0.4) is 0 Å². The van der Waals surface area contributed by atoms with E-state index in [0.717, 1.165) is 31.6 Å². The number of aliphatic imine (C=N–C) groups is 1. The largest absolute Gasteiger partial charge is 0.357 e. The zero-order valence-corrected chi connectivity index (χ0v) is 15.7. The number of benzene rings is 1. The van der Waals surface area contributed by atoms with Gasteiger partial charge in [0, 0.05) is 25.7 Å². The topological polar surface area (TPSA) is 82.6 Å². The number of nitrogens with zero attached hydrogens (tertiary/aromatic N) is 1. The van der Waals surface area contributed by atoms with Crippen LogP contribution in [0.4, 0.5) is 0 Å². The van der Waals surface area contributed by atoms with Gasteiger partial charge in [-0.05, 0) is 38.7 Å². The number of rotatable bonds is 10. The van der Waals surface area contributed by atoms with Gasteiger partial charge in [-0.1, -0.05) is 30.3 Å². The van der Waals surface area contributed by atoms with Crippen molar-refractivity contribution in [2.24, 2.45) is 4.99 Å². The molecule has 1 aromatic carbocycles. The van der Waals surface area contributed by atoms with E-state index in [2.05, 4.69) is 51.5 Å². The molecule has 24 heavy (non-hydrogen) atoms. The third kappa shape index (κ3) is 10.2. The molecule has 136 valence electrons. The standard InChI is InChI=1S/C17H30N4O2S/c1-4-18-17(19-13-8-14-20-24(3,22)23)21-15(2)11-12-16-9-6-5-7-10-16/h5-7,9-10,15,20H,4,8,11-14H2,1-3H3,(H2,18,19,21). The van der Waals surface area contributed by atoms with Crippen molar-refractivity contribution in [3.05, 3.63) is 35.9 Å². The maximum Gasteiger partial charge on any atom is 0.208 e. The molecule has 6 nitrogen and oxygen atoms in total. The predicted molar refractivity (Wildman–Crippen MR) is 101 cm³/mol. The number of nitrogens with one attached hydrogen (secondary N) is 3. The van der Waals surface area contributed by atoms with Crippen LogP contribution in [0.25, 0.3) is 0 Å². The van der Waals surface area contributed by atoms with Crippen molar-refractivity contribution in [1.29, 1.82) is 0 Å². The van der Waals surface area contributed by atoms with E-state index in [4.69, 9.17) is 0 Å². The predicted octanol–water partition coefficient (Wildman–Crippen LogP) is 1.50. The molecule has 0 spiro atoms. The Labute approximate surface area is 146 Å². The highest BCUT2D eigenvalue weighted by atomic mass is 32.2. The Morgan fingerprint density at radius 1 is 1.25 bits per heavy atom. The van der Waals surface area contributed by atoms with Crippen LogP contribution in [-0.2, 0) is 16.4 Å². The van der Waals surface area contributed by atoms with Gasteiger partial charge < -0.3 is 10.6 Å². The van der Waals surface area contributed by atoms with Gasteiger partial charge in [0.2, 0.25) is 10.0 Å². The summed E-state index contributed by atoms with van der Waals surface area (Å²) in [5, 5.41) is 6.61. The Balaban J connectivity index is 2.36. The van der Waals surface area contributed by atoms with Crippen LogP contribution in [-0.4, -0.2) is 46.3 Å². The summed E-state index contributed by atoms with van der Waals surface area (Å²) in [5.41, 5.74) is 1.33. The lowest BCUT2D eigenvalue weighted by molar-refractivity contribution is 0.584. The first kappa shape index (κ1) is 20.4. The molecule has 1 atom stereocenters. The summed E-state index contributed by atoms with van der Waals surface area (Å²) in [7, 11) is -3.12. The monoisotopic (exact) mass is 354 g/mol. The van der Waals surface area contributed by atoms with Crippen LogP contribution in [0.1, 0.15) is 32.3 Å². The minimum absolute atomic E-state index is 0.303. The zero-order valence-electron chi connectivity index (χ0n) is 14.9. The van der Waals surface area contributed by atoms with Crippen molar-refractivity contribution in [1.82, 2.24) is 15.4 Å². The van der Waals surface area contributed by atoms with Gasteiger partial charge in [0.15, 0.2) is 5.96 Å². The molecule has 3 N–H and O–H groups in total. The molecule has 0 aromatic heterocycles. The Morgan fingerprint density at radius 3 is 2.58 bits per heavy atom. The van der Waals surface area contributed by atoms with E-state index < -0.39 is 10.0 Å². The molecule has 7 heteroatoms. The van der Waals surface area contributed by atoms with Crippen LogP contribution >= 0.6 is 0 Å². The third-order valence-corrected chi connectivity index (χ3v) is 4.13. The molecule has 0 aliphatic rings. The number of aryl methyl sites for hydroxylation is 1. The molecule has 1 aromatic rings. The Kier molecular flexibility index (Phi) is 9.41. The van der Waals surface area contributed by atoms with Gasteiger partial charge in [-0.25, -0.2) is 13.1 Å². The maximum atomic E-state index is 11.0. The van der Waals surface area contributed by atoms with Gasteiger partial charge in [-0.15, -0.1) is 0 Å². The molecule has 0 radical (unpaired) electrons. The van der Waals surface area contributed by atoms with Crippen molar-refractivity contribution in [3.63, 3.8) is 0 Å². The van der Waals surface area contributed by atoms with Crippen molar-refractivity contribution in [2.75, 3.05) is 25.9 Å². The lowest BCUT2D eigenvalue weighted by Crippen LogP contribution is -2.42. The fourth-order valence-corrected chi connectivity index (χ4v) is 2.70. The average molecular weight is 355 g/mol. The van der Waals surface area contributed by atoms with Crippen LogP contribution in [0.5, 0.6) is 0 Å². The van der Waals surface area contributed by atoms with Gasteiger partial charge in [0.05, 0.1) is 6.26 Å². The number of hydrogen-bond acceptors (Lipinski definition) is 3. The van der Waals surface area contributed by atoms with Gasteiger partial charge in [-0.3, -0.25) is 4.99 Å². The van der Waals surface area contributed by atoms with E-state index in [1.807, 2.05) is 13.0 Å². The molecule has 0 saturated carbocycles. The maximum absolute atomic E-state index is 11.0. The molecule has 0 aliphatic carbocycles. The first-order chi connectivity index (χ1) is 11.4. The highest BCUT2D eigenvalue weighted by molar-refractivity contribution is 7.88. The third-order valence-electron chi connectivity index (χ3n) is 3.41. The van der Waals surface area contributed by atoms with E-state index in [-0.39, 0.29) is 0 Å². The molecule has 0 fully saturated rings. The molecule has 0 bridgehead atoms. The highest BCUT2D eigenvalue weighted by Crippen LogP contribution is 2.04. The zero-order chi connectivity index (χ0) is 17.8. The summed E-state index contributed by atoms with van der Waals surface area (Å²) in [6, 6.07) is 10.7. The molecular formula is C17H30N4O2S. The summed E-state index contributed by atoms with van der Waals surface area (Å²) < 4.78 is 24.5. The first-order valence-electron chi connectivity index (χ1n) is 8.44. The second-order valence-corrected chi connectivity index (χ2v) is 7.68. The molecule has 0 heterocycles. The minimum Gasteiger partial charge on any atom is -0.357 e. The van der Waals surface area contributed by atoms with Crippen molar-refractivity contribution >= 4 is 16.0 Å². The van der Waals surface area contributed by atoms with E-state index >= 15 is 0 Å². The van der Waals surface area contributed by atoms with Crippen molar-refractivity contribution in [3.8, 4) is 0 Å². The fraction of sp³-hybridized carbons (Fsp3) is 0.588. The van der Waals surface area contributed by atoms with Crippen LogP contribution in [0.2, 0.25) is 0 Å². The fourth-order valence-electron chi connectivity index (χ4n) is 2.18. The molecule has 1 unspecified atom stereocenters. The normalized spacial score (nSPS) is 13.5. The average Bonchev–Trinajstić information content (AvgIpc) is 2.52. The smallest absolute Gasteiger partial charge is 0.208 e. The van der Waals surface area contributed by atoms with Crippen molar-refractivity contribution < 1.29 is 8.42 Å². The Hall–Kier alpha value is -1.60. The lowest BCUT2D eigenvalue weighted by Gasteiger charge is -2.18. The number of guanidine groups is 1. The van der Waals surface area contributed by atoms with Gasteiger partial charge >= 0.3 is 0 Å². The summed E-state index contributed by atoms with van der Waals surface area (Å²) >= 11 is 0. The van der Waals surface area contributed by atoms with E-state index in [9.17, 15) is 8.42 Å². The summed E-state index contributed by atoms with van der Waals surface area (Å²) in [6.45, 7) is 5.94. The quantitative estimate of drug-likeness (QED) is 0.338. The summed E-state index contributed by atoms with van der Waals surface area (Å²) in [4.78, 5) is 4.49.